The summed E-state index contributed by atoms with van der Waals surface area (Å²) in [6.45, 7) is 0. The molecule has 0 atom stereocenters. The summed E-state index contributed by atoms with van der Waals surface area (Å²) in [5.41, 5.74) is -3.19. The van der Waals surface area contributed by atoms with Crippen molar-refractivity contribution in [2.24, 2.45) is 0 Å². The Kier molecular flexibility index (Phi) is 3.03. The van der Waals surface area contributed by atoms with Crippen LogP contribution in [0.4, 0.5) is 26.3 Å². The van der Waals surface area contributed by atoms with Gasteiger partial charge in [0.25, 0.3) is 0 Å². The van der Waals surface area contributed by atoms with Gasteiger partial charge in [0.05, 0.1) is 11.1 Å². The van der Waals surface area contributed by atoms with E-state index >= 15 is 0 Å². The van der Waals surface area contributed by atoms with Crippen LogP contribution in [0.25, 0.3) is 11.3 Å². The number of halogens is 6. The summed E-state index contributed by atoms with van der Waals surface area (Å²) in [6, 6.07) is 2.42. The van der Waals surface area contributed by atoms with Crippen molar-refractivity contribution in [1.29, 1.82) is 0 Å². The molecule has 0 aliphatic heterocycles. The molecule has 0 amide bonds. The van der Waals surface area contributed by atoms with Gasteiger partial charge in [0.2, 0.25) is 0 Å². The molecule has 0 saturated heterocycles. The molecule has 0 N–H and O–H groups in total. The highest BCUT2D eigenvalue weighted by Gasteiger charge is 2.37. The normalized spacial score (nSPS) is 12.7. The molecule has 2 aromatic rings. The maximum atomic E-state index is 12.6. The summed E-state index contributed by atoms with van der Waals surface area (Å²) in [5.74, 6) is 0. The average molecular weight is 281 g/mol. The second kappa shape index (κ2) is 4.29. The van der Waals surface area contributed by atoms with E-state index in [1.165, 1.54) is 6.07 Å². The Hall–Kier alpha value is -1.99. The number of hydrogen-bond donors (Lipinski definition) is 0. The maximum Gasteiger partial charge on any atom is 0.416 e. The SMILES string of the molecule is FC(F)(F)c1cc(-c2ccon2)cc(C(F)(F)F)c1. The predicted octanol–water partition coefficient (Wildman–Crippen LogP) is 4.38. The summed E-state index contributed by atoms with van der Waals surface area (Å²) < 4.78 is 79.8. The van der Waals surface area contributed by atoms with Crippen molar-refractivity contribution in [2.75, 3.05) is 0 Å². The van der Waals surface area contributed by atoms with Crippen LogP contribution in [0.1, 0.15) is 11.1 Å². The van der Waals surface area contributed by atoms with E-state index in [-0.39, 0.29) is 17.3 Å². The van der Waals surface area contributed by atoms with Gasteiger partial charge >= 0.3 is 12.4 Å². The van der Waals surface area contributed by atoms with Gasteiger partial charge in [-0.15, -0.1) is 0 Å². The van der Waals surface area contributed by atoms with E-state index in [1.807, 2.05) is 0 Å². The Balaban J connectivity index is 2.62. The van der Waals surface area contributed by atoms with Gasteiger partial charge in [0.15, 0.2) is 0 Å². The molecular weight excluding hydrogens is 276 g/mol. The standard InChI is InChI=1S/C11H5F6NO/c12-10(13,14)7-3-6(9-1-2-19-18-9)4-8(5-7)11(15,16)17/h1-5H. The zero-order chi connectivity index (χ0) is 14.3. The highest BCUT2D eigenvalue weighted by atomic mass is 19.4. The van der Waals surface area contributed by atoms with Crippen LogP contribution in [-0.2, 0) is 12.4 Å². The Morgan fingerprint density at radius 1 is 0.842 bits per heavy atom. The molecule has 0 radical (unpaired) electrons. The summed E-state index contributed by atoms with van der Waals surface area (Å²) in [6.07, 6.45) is -8.69. The molecule has 0 saturated carbocycles. The summed E-state index contributed by atoms with van der Waals surface area (Å²) in [5, 5.41) is 3.32. The third-order valence-corrected chi connectivity index (χ3v) is 2.32. The lowest BCUT2D eigenvalue weighted by Crippen LogP contribution is -2.11. The zero-order valence-electron chi connectivity index (χ0n) is 9.01. The van der Waals surface area contributed by atoms with E-state index < -0.39 is 23.5 Å². The van der Waals surface area contributed by atoms with Gasteiger partial charge < -0.3 is 4.52 Å². The Morgan fingerprint density at radius 2 is 1.37 bits per heavy atom. The molecule has 0 spiro atoms. The smallest absolute Gasteiger partial charge is 0.364 e. The number of aromatic nitrogens is 1. The van der Waals surface area contributed by atoms with E-state index in [0.717, 1.165) is 6.26 Å². The van der Waals surface area contributed by atoms with Gasteiger partial charge in [-0.2, -0.15) is 26.3 Å². The summed E-state index contributed by atoms with van der Waals surface area (Å²) in [7, 11) is 0. The van der Waals surface area contributed by atoms with Gasteiger partial charge in [0, 0.05) is 11.6 Å². The molecule has 2 nitrogen and oxygen atoms in total. The second-order valence-corrected chi connectivity index (χ2v) is 3.68. The van der Waals surface area contributed by atoms with Crippen molar-refractivity contribution >= 4 is 0 Å². The molecule has 1 aromatic carbocycles. The fourth-order valence-electron chi connectivity index (χ4n) is 1.46. The second-order valence-electron chi connectivity index (χ2n) is 3.68. The van der Waals surface area contributed by atoms with Crippen molar-refractivity contribution in [3.8, 4) is 11.3 Å². The van der Waals surface area contributed by atoms with E-state index in [1.54, 1.807) is 0 Å². The molecule has 0 aliphatic rings. The molecular formula is C11H5F6NO. The first kappa shape index (κ1) is 13.4. The number of alkyl halides is 6. The van der Waals surface area contributed by atoms with Crippen LogP contribution in [0.2, 0.25) is 0 Å². The molecule has 0 fully saturated rings. The van der Waals surface area contributed by atoms with Crippen molar-refractivity contribution in [1.82, 2.24) is 5.16 Å². The topological polar surface area (TPSA) is 26.0 Å². The van der Waals surface area contributed by atoms with Gasteiger partial charge in [-0.05, 0) is 18.2 Å². The van der Waals surface area contributed by atoms with E-state index in [9.17, 15) is 26.3 Å². The van der Waals surface area contributed by atoms with E-state index in [0.29, 0.717) is 12.1 Å². The Morgan fingerprint density at radius 3 is 1.74 bits per heavy atom. The summed E-state index contributed by atoms with van der Waals surface area (Å²) >= 11 is 0. The lowest BCUT2D eigenvalue weighted by Gasteiger charge is -2.13. The molecule has 0 unspecified atom stereocenters. The molecule has 102 valence electrons. The number of hydrogen-bond acceptors (Lipinski definition) is 2. The number of rotatable bonds is 1. The van der Waals surface area contributed by atoms with Crippen LogP contribution < -0.4 is 0 Å². The molecule has 8 heteroatoms. The number of benzene rings is 1. The van der Waals surface area contributed by atoms with Gasteiger partial charge in [-0.3, -0.25) is 0 Å². The van der Waals surface area contributed by atoms with E-state index in [2.05, 4.69) is 9.68 Å². The first-order valence-corrected chi connectivity index (χ1v) is 4.88. The quantitative estimate of drug-likeness (QED) is 0.725. The number of nitrogens with zero attached hydrogens (tertiary/aromatic N) is 1. The Labute approximate surface area is 102 Å². The molecule has 0 bridgehead atoms. The lowest BCUT2D eigenvalue weighted by atomic mass is 10.0. The first-order chi connectivity index (χ1) is 8.68. The third kappa shape index (κ3) is 2.88. The van der Waals surface area contributed by atoms with Crippen molar-refractivity contribution in [3.63, 3.8) is 0 Å². The van der Waals surface area contributed by atoms with Gasteiger partial charge in [-0.25, -0.2) is 0 Å². The zero-order valence-corrected chi connectivity index (χ0v) is 9.01. The highest BCUT2D eigenvalue weighted by molar-refractivity contribution is 5.61. The fourth-order valence-corrected chi connectivity index (χ4v) is 1.46. The fraction of sp³-hybridized carbons (Fsp3) is 0.182. The van der Waals surface area contributed by atoms with Gasteiger partial charge in [-0.1, -0.05) is 5.16 Å². The lowest BCUT2D eigenvalue weighted by molar-refractivity contribution is -0.143. The van der Waals surface area contributed by atoms with Crippen molar-refractivity contribution in [3.05, 3.63) is 41.7 Å². The first-order valence-electron chi connectivity index (χ1n) is 4.88. The monoisotopic (exact) mass is 281 g/mol. The van der Waals surface area contributed by atoms with Gasteiger partial charge in [0.1, 0.15) is 12.0 Å². The Bertz CT molecular complexity index is 538. The van der Waals surface area contributed by atoms with Crippen molar-refractivity contribution < 1.29 is 30.9 Å². The average Bonchev–Trinajstić information content (AvgIpc) is 2.79. The molecule has 0 aliphatic carbocycles. The minimum absolute atomic E-state index is 0.0591. The van der Waals surface area contributed by atoms with E-state index in [4.69, 9.17) is 0 Å². The van der Waals surface area contributed by atoms with Crippen LogP contribution in [0.5, 0.6) is 0 Å². The molecule has 19 heavy (non-hydrogen) atoms. The van der Waals surface area contributed by atoms with Crippen LogP contribution in [0.3, 0.4) is 0 Å². The minimum Gasteiger partial charge on any atom is -0.364 e. The molecule has 2 rings (SSSR count). The predicted molar refractivity (Wildman–Crippen MR) is 51.9 cm³/mol. The minimum atomic E-state index is -4.88. The van der Waals surface area contributed by atoms with Crippen LogP contribution in [-0.4, -0.2) is 5.16 Å². The third-order valence-electron chi connectivity index (χ3n) is 2.32. The van der Waals surface area contributed by atoms with Crippen molar-refractivity contribution in [2.45, 2.75) is 12.4 Å². The highest BCUT2D eigenvalue weighted by Crippen LogP contribution is 2.38. The van der Waals surface area contributed by atoms with Crippen LogP contribution in [0, 0.1) is 0 Å². The van der Waals surface area contributed by atoms with Crippen LogP contribution in [0.15, 0.2) is 35.1 Å². The summed E-state index contributed by atoms with van der Waals surface area (Å²) in [4.78, 5) is 0. The molecule has 1 aromatic heterocycles. The van der Waals surface area contributed by atoms with Crippen LogP contribution >= 0.6 is 0 Å². The molecule has 1 heterocycles. The maximum absolute atomic E-state index is 12.6. The largest absolute Gasteiger partial charge is 0.416 e.